The van der Waals surface area contributed by atoms with E-state index in [-0.39, 0.29) is 11.3 Å². The van der Waals surface area contributed by atoms with Crippen LogP contribution in [0.1, 0.15) is 42.8 Å². The van der Waals surface area contributed by atoms with E-state index < -0.39 is 0 Å². The Hall–Kier alpha value is -2.38. The van der Waals surface area contributed by atoms with Gasteiger partial charge in [-0.05, 0) is 49.9 Å². The van der Waals surface area contributed by atoms with Crippen molar-refractivity contribution >= 4 is 5.91 Å². The minimum absolute atomic E-state index is 0.248. The Bertz CT molecular complexity index is 804. The molecule has 4 rings (SSSR count). The Morgan fingerprint density at radius 1 is 1.07 bits per heavy atom. The van der Waals surface area contributed by atoms with Crippen molar-refractivity contribution in [3.05, 3.63) is 53.9 Å². The number of methoxy groups -OCH3 is 1. The molecule has 0 unspecified atom stereocenters. The van der Waals surface area contributed by atoms with Crippen LogP contribution in [0, 0.1) is 5.41 Å². The summed E-state index contributed by atoms with van der Waals surface area (Å²) in [5.41, 5.74) is 2.35. The maximum atomic E-state index is 12.5. The first kappa shape index (κ1) is 19.9. The normalized spacial score (nSPS) is 19.6. The molecule has 1 spiro atoms. The van der Waals surface area contributed by atoms with Gasteiger partial charge in [-0.15, -0.1) is 0 Å². The topological polar surface area (TPSA) is 71.5 Å². The molecular weight excluding hydrogens is 366 g/mol. The van der Waals surface area contributed by atoms with Crippen molar-refractivity contribution in [3.63, 3.8) is 0 Å². The third-order valence-electron chi connectivity index (χ3n) is 6.18. The van der Waals surface area contributed by atoms with Gasteiger partial charge in [0.2, 0.25) is 5.91 Å². The van der Waals surface area contributed by atoms with Gasteiger partial charge in [0.25, 0.3) is 0 Å². The van der Waals surface area contributed by atoms with Gasteiger partial charge in [0.1, 0.15) is 6.61 Å². The molecule has 0 bridgehead atoms. The summed E-state index contributed by atoms with van der Waals surface area (Å²) in [6.45, 7) is 4.89. The molecule has 0 N–H and O–H groups in total. The molecule has 0 aromatic carbocycles. The summed E-state index contributed by atoms with van der Waals surface area (Å²) in [6, 6.07) is 5.89. The quantitative estimate of drug-likeness (QED) is 0.748. The van der Waals surface area contributed by atoms with Gasteiger partial charge >= 0.3 is 0 Å². The zero-order valence-electron chi connectivity index (χ0n) is 17.1. The van der Waals surface area contributed by atoms with Crippen LogP contribution in [-0.2, 0) is 29.2 Å². The smallest absolute Gasteiger partial charge is 0.222 e. The number of hydrogen-bond donors (Lipinski definition) is 0. The number of rotatable bonds is 6. The second kappa shape index (κ2) is 8.97. The average Bonchev–Trinajstić information content (AvgIpc) is 2.75. The molecule has 0 atom stereocenters. The molecule has 7 heteroatoms. The van der Waals surface area contributed by atoms with E-state index in [9.17, 15) is 4.79 Å². The van der Waals surface area contributed by atoms with Gasteiger partial charge in [-0.1, -0.05) is 6.07 Å². The van der Waals surface area contributed by atoms with Gasteiger partial charge in [0, 0.05) is 50.8 Å². The fraction of sp³-hybridized carbons (Fsp3) is 0.545. The third kappa shape index (κ3) is 4.97. The van der Waals surface area contributed by atoms with Crippen molar-refractivity contribution in [2.75, 3.05) is 26.7 Å². The largest absolute Gasteiger partial charge is 0.377 e. The van der Waals surface area contributed by atoms with Crippen molar-refractivity contribution in [2.24, 2.45) is 5.41 Å². The number of ether oxygens (including phenoxy) is 1. The Kier molecular flexibility index (Phi) is 6.16. The van der Waals surface area contributed by atoms with Gasteiger partial charge in [-0.2, -0.15) is 0 Å². The monoisotopic (exact) mass is 395 g/mol. The minimum Gasteiger partial charge on any atom is -0.377 e. The van der Waals surface area contributed by atoms with Crippen LogP contribution in [0.2, 0.25) is 0 Å². The van der Waals surface area contributed by atoms with Crippen molar-refractivity contribution in [2.45, 2.75) is 45.4 Å². The van der Waals surface area contributed by atoms with Crippen LogP contribution in [0.4, 0.5) is 0 Å². The van der Waals surface area contributed by atoms with E-state index in [4.69, 9.17) is 4.74 Å². The van der Waals surface area contributed by atoms with E-state index in [1.165, 1.54) is 0 Å². The van der Waals surface area contributed by atoms with E-state index in [0.29, 0.717) is 25.4 Å². The predicted octanol–water partition coefficient (Wildman–Crippen LogP) is 2.42. The molecule has 2 aliphatic heterocycles. The highest BCUT2D eigenvalue weighted by atomic mass is 16.5. The van der Waals surface area contributed by atoms with Crippen LogP contribution in [0.5, 0.6) is 0 Å². The Labute approximate surface area is 172 Å². The highest BCUT2D eigenvalue weighted by Crippen LogP contribution is 2.40. The summed E-state index contributed by atoms with van der Waals surface area (Å²) >= 11 is 0. The summed E-state index contributed by atoms with van der Waals surface area (Å²) < 4.78 is 5.07. The maximum Gasteiger partial charge on any atom is 0.222 e. The first-order valence-corrected chi connectivity index (χ1v) is 10.3. The molecule has 2 aliphatic rings. The number of piperidine rings is 2. The zero-order chi connectivity index (χ0) is 20.1. The van der Waals surface area contributed by atoms with Crippen LogP contribution in [0.25, 0.3) is 0 Å². The van der Waals surface area contributed by atoms with Crippen LogP contribution < -0.4 is 0 Å². The average molecular weight is 396 g/mol. The lowest BCUT2D eigenvalue weighted by atomic mass is 9.72. The predicted molar refractivity (Wildman–Crippen MR) is 109 cm³/mol. The highest BCUT2D eigenvalue weighted by molar-refractivity contribution is 5.77. The first-order chi connectivity index (χ1) is 14.2. The fourth-order valence-electron chi connectivity index (χ4n) is 4.45. The summed E-state index contributed by atoms with van der Waals surface area (Å²) in [4.78, 5) is 30.1. The van der Waals surface area contributed by atoms with Gasteiger partial charge < -0.3 is 9.64 Å². The van der Waals surface area contributed by atoms with Crippen LogP contribution >= 0.6 is 0 Å². The number of carbonyl (C=O) groups is 1. The maximum absolute atomic E-state index is 12.5. The van der Waals surface area contributed by atoms with E-state index in [1.807, 2.05) is 35.5 Å². The van der Waals surface area contributed by atoms with E-state index >= 15 is 0 Å². The van der Waals surface area contributed by atoms with Crippen molar-refractivity contribution in [1.82, 2.24) is 24.8 Å². The summed E-state index contributed by atoms with van der Waals surface area (Å²) in [5.74, 6) is 0.978. The lowest BCUT2D eigenvalue weighted by Gasteiger charge is -2.47. The molecule has 0 radical (unpaired) electrons. The third-order valence-corrected chi connectivity index (χ3v) is 6.18. The molecule has 29 heavy (non-hydrogen) atoms. The zero-order valence-corrected chi connectivity index (χ0v) is 17.1. The van der Waals surface area contributed by atoms with Gasteiger partial charge in [0.05, 0.1) is 12.2 Å². The van der Waals surface area contributed by atoms with E-state index in [2.05, 4.69) is 19.9 Å². The molecule has 4 heterocycles. The number of likely N-dealkylation sites (tertiary alicyclic amines) is 2. The minimum atomic E-state index is 0.248. The fourth-order valence-corrected chi connectivity index (χ4v) is 4.45. The molecular formula is C22H29N5O2. The molecule has 7 nitrogen and oxygen atoms in total. The van der Waals surface area contributed by atoms with E-state index in [0.717, 1.165) is 56.7 Å². The standard InChI is InChI=1S/C22H29N5O2/c1-29-16-20-24-12-18(13-25-20)14-26-10-7-22(8-11-26)6-5-21(28)27(17-22)15-19-4-2-3-9-23-19/h2-4,9,12-13H,5-8,10-11,14-17H2,1H3. The summed E-state index contributed by atoms with van der Waals surface area (Å²) in [5, 5.41) is 0. The Morgan fingerprint density at radius 3 is 2.55 bits per heavy atom. The van der Waals surface area contributed by atoms with Crippen LogP contribution in [0.15, 0.2) is 36.8 Å². The summed E-state index contributed by atoms with van der Waals surface area (Å²) in [6.07, 6.45) is 9.51. The molecule has 2 fully saturated rings. The number of aromatic nitrogens is 3. The van der Waals surface area contributed by atoms with Crippen LogP contribution in [-0.4, -0.2) is 57.4 Å². The number of pyridine rings is 1. The molecule has 0 aliphatic carbocycles. The highest BCUT2D eigenvalue weighted by Gasteiger charge is 2.40. The van der Waals surface area contributed by atoms with Gasteiger partial charge in [-0.3, -0.25) is 14.7 Å². The second-order valence-corrected chi connectivity index (χ2v) is 8.29. The number of amides is 1. The molecule has 2 saturated heterocycles. The lowest BCUT2D eigenvalue weighted by molar-refractivity contribution is -0.140. The number of nitrogens with zero attached hydrogens (tertiary/aromatic N) is 5. The number of carbonyl (C=O) groups excluding carboxylic acids is 1. The molecule has 1 amide bonds. The molecule has 154 valence electrons. The lowest BCUT2D eigenvalue weighted by Crippen LogP contribution is -2.51. The Balaban J connectivity index is 1.32. The van der Waals surface area contributed by atoms with Gasteiger partial charge in [0.15, 0.2) is 5.82 Å². The van der Waals surface area contributed by atoms with Gasteiger partial charge in [-0.25, -0.2) is 9.97 Å². The number of hydrogen-bond acceptors (Lipinski definition) is 6. The Morgan fingerprint density at radius 2 is 1.86 bits per heavy atom. The SMILES string of the molecule is COCc1ncc(CN2CCC3(CCC(=O)N(Cc4ccccn4)C3)CC2)cn1. The van der Waals surface area contributed by atoms with E-state index in [1.54, 1.807) is 13.3 Å². The second-order valence-electron chi connectivity index (χ2n) is 8.29. The van der Waals surface area contributed by atoms with Crippen molar-refractivity contribution in [1.29, 1.82) is 0 Å². The molecule has 0 saturated carbocycles. The first-order valence-electron chi connectivity index (χ1n) is 10.3. The molecule has 2 aromatic heterocycles. The van der Waals surface area contributed by atoms with Crippen LogP contribution in [0.3, 0.4) is 0 Å². The molecule has 2 aromatic rings. The summed E-state index contributed by atoms with van der Waals surface area (Å²) in [7, 11) is 1.65. The van der Waals surface area contributed by atoms with Crippen molar-refractivity contribution in [3.8, 4) is 0 Å². The van der Waals surface area contributed by atoms with Crippen molar-refractivity contribution < 1.29 is 9.53 Å².